The van der Waals surface area contributed by atoms with Crippen LogP contribution in [-0.2, 0) is 14.6 Å². The summed E-state index contributed by atoms with van der Waals surface area (Å²) in [6.45, 7) is 5.58. The van der Waals surface area contributed by atoms with Gasteiger partial charge in [-0.2, -0.15) is 17.0 Å². The zero-order chi connectivity index (χ0) is 14.6. The van der Waals surface area contributed by atoms with Crippen molar-refractivity contribution in [2.75, 3.05) is 23.8 Å². The third-order valence-electron chi connectivity index (χ3n) is 3.26. The molecule has 7 heteroatoms. The molecule has 2 atom stereocenters. The Hall–Kier alpha value is -0.740. The number of hydrogen-bond donors (Lipinski definition) is 0. The Bertz CT molecular complexity index is 468. The number of rotatable bonds is 4. The number of nitriles is 1. The smallest absolute Gasteiger partial charge is 0.241 e. The number of amides is 1. The second-order valence-electron chi connectivity index (χ2n) is 4.86. The van der Waals surface area contributed by atoms with Crippen molar-refractivity contribution in [3.63, 3.8) is 0 Å². The van der Waals surface area contributed by atoms with E-state index in [1.807, 2.05) is 6.07 Å². The van der Waals surface area contributed by atoms with Crippen molar-refractivity contribution in [2.45, 2.75) is 26.1 Å². The fourth-order valence-corrected chi connectivity index (χ4v) is 4.96. The van der Waals surface area contributed by atoms with Crippen LogP contribution in [-0.4, -0.2) is 48.4 Å². The molecule has 0 N–H and O–H groups in total. The Morgan fingerprint density at radius 3 is 2.63 bits per heavy atom. The van der Waals surface area contributed by atoms with E-state index in [2.05, 4.69) is 0 Å². The average molecular weight is 304 g/mol. The number of thioether (sulfide) groups is 1. The maximum atomic E-state index is 12.4. The van der Waals surface area contributed by atoms with Gasteiger partial charge < -0.3 is 4.90 Å². The summed E-state index contributed by atoms with van der Waals surface area (Å²) in [7, 11) is -3.31. The van der Waals surface area contributed by atoms with Crippen molar-refractivity contribution in [2.24, 2.45) is 11.8 Å². The molecule has 2 unspecified atom stereocenters. The first-order valence-corrected chi connectivity index (χ1v) is 9.21. The SMILES string of the molecule is CCS(=O)(=O)C1CSCCN1C(=O)C(C#N)C(C)C. The van der Waals surface area contributed by atoms with E-state index in [9.17, 15) is 13.2 Å². The Balaban J connectivity index is 3.02. The Morgan fingerprint density at radius 1 is 1.53 bits per heavy atom. The summed E-state index contributed by atoms with van der Waals surface area (Å²) in [5.74, 6) is -0.0916. The third-order valence-corrected chi connectivity index (χ3v) is 6.55. The molecular formula is C12H20N2O3S2. The van der Waals surface area contributed by atoms with Crippen LogP contribution in [0.5, 0.6) is 0 Å². The van der Waals surface area contributed by atoms with Gasteiger partial charge in [0.25, 0.3) is 0 Å². The van der Waals surface area contributed by atoms with Gasteiger partial charge in [-0.05, 0) is 5.92 Å². The van der Waals surface area contributed by atoms with Crippen molar-refractivity contribution >= 4 is 27.5 Å². The fourth-order valence-electron chi connectivity index (χ4n) is 1.99. The Kier molecular flexibility index (Phi) is 5.68. The molecule has 0 bridgehead atoms. The van der Waals surface area contributed by atoms with E-state index in [0.29, 0.717) is 12.3 Å². The van der Waals surface area contributed by atoms with Crippen LogP contribution >= 0.6 is 11.8 Å². The summed E-state index contributed by atoms with van der Waals surface area (Å²) in [5.41, 5.74) is 0. The fraction of sp³-hybridized carbons (Fsp3) is 0.833. The van der Waals surface area contributed by atoms with E-state index in [4.69, 9.17) is 5.26 Å². The van der Waals surface area contributed by atoms with Gasteiger partial charge in [0.1, 0.15) is 11.3 Å². The highest BCUT2D eigenvalue weighted by Crippen LogP contribution is 2.25. The molecule has 1 amide bonds. The van der Waals surface area contributed by atoms with Crippen LogP contribution in [0.3, 0.4) is 0 Å². The monoisotopic (exact) mass is 304 g/mol. The Labute approximate surface area is 119 Å². The van der Waals surface area contributed by atoms with Gasteiger partial charge in [-0.15, -0.1) is 0 Å². The quantitative estimate of drug-likeness (QED) is 0.777. The minimum Gasteiger partial charge on any atom is -0.323 e. The summed E-state index contributed by atoms with van der Waals surface area (Å²) in [6.07, 6.45) is 0. The van der Waals surface area contributed by atoms with Crippen molar-refractivity contribution in [1.82, 2.24) is 4.90 Å². The number of carbonyl (C=O) groups excluding carboxylic acids is 1. The van der Waals surface area contributed by atoms with Gasteiger partial charge in [0.15, 0.2) is 9.84 Å². The molecule has 1 aliphatic rings. The second-order valence-corrected chi connectivity index (χ2v) is 8.46. The lowest BCUT2D eigenvalue weighted by atomic mass is 9.96. The first kappa shape index (κ1) is 16.3. The molecule has 19 heavy (non-hydrogen) atoms. The van der Waals surface area contributed by atoms with E-state index < -0.39 is 21.1 Å². The summed E-state index contributed by atoms with van der Waals surface area (Å²) in [4.78, 5) is 13.8. The highest BCUT2D eigenvalue weighted by atomic mass is 32.2. The minimum absolute atomic E-state index is 0.0148. The molecule has 0 saturated carbocycles. The predicted octanol–water partition coefficient (Wildman–Crippen LogP) is 1.12. The highest BCUT2D eigenvalue weighted by molar-refractivity contribution is 8.01. The van der Waals surface area contributed by atoms with Crippen molar-refractivity contribution in [3.05, 3.63) is 0 Å². The molecule has 1 saturated heterocycles. The maximum absolute atomic E-state index is 12.4. The van der Waals surface area contributed by atoms with E-state index >= 15 is 0 Å². The molecule has 0 spiro atoms. The zero-order valence-electron chi connectivity index (χ0n) is 11.5. The first-order valence-electron chi connectivity index (χ1n) is 6.34. The minimum atomic E-state index is -3.31. The third kappa shape index (κ3) is 3.63. The zero-order valence-corrected chi connectivity index (χ0v) is 13.1. The van der Waals surface area contributed by atoms with Crippen LogP contribution < -0.4 is 0 Å². The summed E-state index contributed by atoms with van der Waals surface area (Å²) < 4.78 is 24.1. The van der Waals surface area contributed by atoms with Gasteiger partial charge in [0, 0.05) is 23.8 Å². The lowest BCUT2D eigenvalue weighted by Gasteiger charge is -2.36. The number of hydrogen-bond acceptors (Lipinski definition) is 5. The average Bonchev–Trinajstić information content (AvgIpc) is 2.39. The molecule has 1 heterocycles. The normalized spacial score (nSPS) is 22.1. The summed E-state index contributed by atoms with van der Waals surface area (Å²) in [5, 5.41) is 8.31. The molecule has 0 aromatic heterocycles. The largest absolute Gasteiger partial charge is 0.323 e. The molecular weight excluding hydrogens is 284 g/mol. The number of sulfone groups is 1. The number of carbonyl (C=O) groups is 1. The number of nitrogens with zero attached hydrogens (tertiary/aromatic N) is 2. The molecule has 0 radical (unpaired) electrons. The van der Waals surface area contributed by atoms with Crippen molar-refractivity contribution < 1.29 is 13.2 Å². The molecule has 1 fully saturated rings. The van der Waals surface area contributed by atoms with Crippen molar-refractivity contribution in [1.29, 1.82) is 5.26 Å². The summed E-state index contributed by atoms with van der Waals surface area (Å²) in [6, 6.07) is 2.00. The van der Waals surface area contributed by atoms with Gasteiger partial charge in [0.05, 0.1) is 6.07 Å². The summed E-state index contributed by atoms with van der Waals surface area (Å²) >= 11 is 1.54. The lowest BCUT2D eigenvalue weighted by Crippen LogP contribution is -2.52. The molecule has 5 nitrogen and oxygen atoms in total. The van der Waals surface area contributed by atoms with Gasteiger partial charge in [-0.3, -0.25) is 4.79 Å². The molecule has 0 aliphatic carbocycles. The lowest BCUT2D eigenvalue weighted by molar-refractivity contribution is -0.135. The van der Waals surface area contributed by atoms with E-state index in [0.717, 1.165) is 5.75 Å². The maximum Gasteiger partial charge on any atom is 0.241 e. The van der Waals surface area contributed by atoms with Gasteiger partial charge in [-0.25, -0.2) is 8.42 Å². The molecule has 1 aliphatic heterocycles. The predicted molar refractivity (Wildman–Crippen MR) is 76.2 cm³/mol. The Morgan fingerprint density at radius 2 is 2.16 bits per heavy atom. The molecule has 0 aromatic rings. The standard InChI is InChI=1S/C12H20N2O3S2/c1-4-19(16,17)11-8-18-6-5-14(11)12(15)10(7-13)9(2)3/h9-11H,4-6,8H2,1-3H3. The molecule has 108 valence electrons. The van der Waals surface area contributed by atoms with Gasteiger partial charge in [-0.1, -0.05) is 20.8 Å². The topological polar surface area (TPSA) is 78.2 Å². The van der Waals surface area contributed by atoms with Gasteiger partial charge >= 0.3 is 0 Å². The van der Waals surface area contributed by atoms with Crippen LogP contribution in [0.25, 0.3) is 0 Å². The van der Waals surface area contributed by atoms with Crippen LogP contribution in [0.1, 0.15) is 20.8 Å². The van der Waals surface area contributed by atoms with Crippen LogP contribution in [0.4, 0.5) is 0 Å². The van der Waals surface area contributed by atoms with E-state index in [1.54, 1.807) is 20.8 Å². The first-order chi connectivity index (χ1) is 8.85. The van der Waals surface area contributed by atoms with Crippen LogP contribution in [0.15, 0.2) is 0 Å². The van der Waals surface area contributed by atoms with Crippen LogP contribution in [0.2, 0.25) is 0 Å². The van der Waals surface area contributed by atoms with Crippen LogP contribution in [0, 0.1) is 23.2 Å². The highest BCUT2D eigenvalue weighted by Gasteiger charge is 2.39. The second kappa shape index (κ2) is 6.62. The van der Waals surface area contributed by atoms with E-state index in [1.165, 1.54) is 16.7 Å². The van der Waals surface area contributed by atoms with E-state index in [-0.39, 0.29) is 17.6 Å². The molecule has 1 rings (SSSR count). The van der Waals surface area contributed by atoms with Crippen molar-refractivity contribution in [3.8, 4) is 6.07 Å². The molecule has 0 aromatic carbocycles. The van der Waals surface area contributed by atoms with Gasteiger partial charge in [0.2, 0.25) is 5.91 Å².